The fourth-order valence-corrected chi connectivity index (χ4v) is 1.67. The van der Waals surface area contributed by atoms with Gasteiger partial charge in [-0.2, -0.15) is 0 Å². The highest BCUT2D eigenvalue weighted by molar-refractivity contribution is 6.27. The molecule has 3 N–H and O–H groups in total. The third-order valence-corrected chi connectivity index (χ3v) is 2.59. The fourth-order valence-electron chi connectivity index (χ4n) is 1.67. The van der Waals surface area contributed by atoms with Crippen LogP contribution in [0.4, 0.5) is 0 Å². The van der Waals surface area contributed by atoms with Gasteiger partial charge in [0.05, 0.1) is 6.61 Å². The van der Waals surface area contributed by atoms with Gasteiger partial charge < -0.3 is 20.3 Å². The van der Waals surface area contributed by atoms with E-state index in [1.807, 2.05) is 0 Å². The van der Waals surface area contributed by atoms with Gasteiger partial charge >= 0.3 is 11.9 Å². The molecule has 0 saturated carbocycles. The number of carboxylic acids is 2. The Bertz CT molecular complexity index is 229. The normalized spacial score (nSPS) is 22.1. The first-order valence-electron chi connectivity index (χ1n) is 4.80. The summed E-state index contributed by atoms with van der Waals surface area (Å²) < 4.78 is 5.39. The quantitative estimate of drug-likeness (QED) is 0.475. The molecule has 0 unspecified atom stereocenters. The minimum Gasteiger partial charge on any atom is -0.473 e. The number of rotatable bonds is 0. The molecule has 15 heavy (non-hydrogen) atoms. The lowest BCUT2D eigenvalue weighted by Gasteiger charge is -2.44. The third kappa shape index (κ3) is 3.49. The Balaban J connectivity index is 0.000000167. The van der Waals surface area contributed by atoms with Gasteiger partial charge in [-0.05, 0) is 12.8 Å². The van der Waals surface area contributed by atoms with Crippen LogP contribution in [0.3, 0.4) is 0 Å². The van der Waals surface area contributed by atoms with Crippen molar-refractivity contribution in [3.05, 3.63) is 0 Å². The van der Waals surface area contributed by atoms with Crippen LogP contribution >= 0.6 is 0 Å². The minimum atomic E-state index is -1.82. The summed E-state index contributed by atoms with van der Waals surface area (Å²) in [6.07, 6.45) is 2.64. The molecule has 2 saturated heterocycles. The van der Waals surface area contributed by atoms with Crippen LogP contribution in [-0.4, -0.2) is 48.5 Å². The highest BCUT2D eigenvalue weighted by Gasteiger charge is 2.38. The second kappa shape index (κ2) is 5.09. The second-order valence-electron chi connectivity index (χ2n) is 3.87. The summed E-state index contributed by atoms with van der Waals surface area (Å²) in [6.45, 7) is 4.36. The summed E-state index contributed by atoms with van der Waals surface area (Å²) in [5.41, 5.74) is 0.568. The van der Waals surface area contributed by atoms with Gasteiger partial charge in [-0.3, -0.25) is 0 Å². The highest BCUT2D eigenvalue weighted by atomic mass is 16.5. The van der Waals surface area contributed by atoms with Gasteiger partial charge in [0.2, 0.25) is 0 Å². The van der Waals surface area contributed by atoms with Crippen molar-refractivity contribution in [2.24, 2.45) is 5.41 Å². The molecule has 1 spiro atoms. The van der Waals surface area contributed by atoms with Crippen molar-refractivity contribution >= 4 is 11.9 Å². The number of aliphatic carboxylic acids is 2. The first-order chi connectivity index (χ1) is 7.06. The molecule has 0 radical (unpaired) electrons. The molecule has 2 heterocycles. The first kappa shape index (κ1) is 11.9. The largest absolute Gasteiger partial charge is 0.473 e. The first-order valence-corrected chi connectivity index (χ1v) is 4.80. The van der Waals surface area contributed by atoms with Gasteiger partial charge in [-0.15, -0.1) is 0 Å². The van der Waals surface area contributed by atoms with Gasteiger partial charge in [0.25, 0.3) is 0 Å². The van der Waals surface area contributed by atoms with Crippen LogP contribution in [-0.2, 0) is 14.3 Å². The summed E-state index contributed by atoms with van der Waals surface area (Å²) in [6, 6.07) is 0. The summed E-state index contributed by atoms with van der Waals surface area (Å²) in [5, 5.41) is 18.1. The van der Waals surface area contributed by atoms with Crippen LogP contribution in [0.5, 0.6) is 0 Å². The number of carbonyl (C=O) groups is 2. The van der Waals surface area contributed by atoms with E-state index in [1.54, 1.807) is 0 Å². The van der Waals surface area contributed by atoms with Crippen molar-refractivity contribution in [1.82, 2.24) is 5.32 Å². The Hall–Kier alpha value is -1.14. The molecule has 0 amide bonds. The predicted molar refractivity (Wildman–Crippen MR) is 50.6 cm³/mol. The third-order valence-electron chi connectivity index (χ3n) is 2.59. The lowest BCUT2D eigenvalue weighted by Crippen LogP contribution is -2.57. The van der Waals surface area contributed by atoms with E-state index in [2.05, 4.69) is 5.32 Å². The van der Waals surface area contributed by atoms with Gasteiger partial charge in [-0.25, -0.2) is 9.59 Å². The number of hydrogen-bond donors (Lipinski definition) is 3. The average molecular weight is 217 g/mol. The zero-order valence-corrected chi connectivity index (χ0v) is 8.36. The molecule has 0 aromatic rings. The van der Waals surface area contributed by atoms with Crippen LogP contribution in [0.15, 0.2) is 0 Å². The van der Waals surface area contributed by atoms with E-state index >= 15 is 0 Å². The maximum atomic E-state index is 9.10. The zero-order valence-electron chi connectivity index (χ0n) is 8.36. The molecule has 0 aliphatic carbocycles. The number of hydrogen-bond acceptors (Lipinski definition) is 4. The lowest BCUT2D eigenvalue weighted by molar-refractivity contribution is -0.159. The van der Waals surface area contributed by atoms with Crippen molar-refractivity contribution in [3.63, 3.8) is 0 Å². The van der Waals surface area contributed by atoms with Crippen molar-refractivity contribution in [2.75, 3.05) is 26.3 Å². The van der Waals surface area contributed by atoms with E-state index in [0.717, 1.165) is 13.2 Å². The van der Waals surface area contributed by atoms with Crippen molar-refractivity contribution in [1.29, 1.82) is 0 Å². The summed E-state index contributed by atoms with van der Waals surface area (Å²) in [5.74, 6) is -3.65. The molecule has 86 valence electrons. The SMILES string of the molecule is C1COCC2(C1)CNC2.O=C(O)C(=O)O. The monoisotopic (exact) mass is 217 g/mol. The molecule has 0 aromatic heterocycles. The Labute approximate surface area is 87.2 Å². The Morgan fingerprint density at radius 2 is 1.80 bits per heavy atom. The fraction of sp³-hybridized carbons (Fsp3) is 0.778. The van der Waals surface area contributed by atoms with Crippen LogP contribution < -0.4 is 5.32 Å². The van der Waals surface area contributed by atoms with Crippen LogP contribution in [0.2, 0.25) is 0 Å². The van der Waals surface area contributed by atoms with E-state index in [-0.39, 0.29) is 0 Å². The molecular weight excluding hydrogens is 202 g/mol. The van der Waals surface area contributed by atoms with Crippen LogP contribution in [0.25, 0.3) is 0 Å². The van der Waals surface area contributed by atoms with E-state index < -0.39 is 11.9 Å². The number of ether oxygens (including phenoxy) is 1. The zero-order chi connectivity index (χ0) is 11.3. The van der Waals surface area contributed by atoms with Gasteiger partial charge in [0.15, 0.2) is 0 Å². The Kier molecular flexibility index (Phi) is 4.05. The van der Waals surface area contributed by atoms with Gasteiger partial charge in [-0.1, -0.05) is 0 Å². The number of nitrogens with one attached hydrogen (secondary N) is 1. The predicted octanol–water partition coefficient (Wildman–Crippen LogP) is -0.458. The van der Waals surface area contributed by atoms with E-state index in [1.165, 1.54) is 25.9 Å². The van der Waals surface area contributed by atoms with E-state index in [0.29, 0.717) is 5.41 Å². The molecular formula is C9H15NO5. The molecule has 2 fully saturated rings. The molecule has 2 aliphatic heterocycles. The Morgan fingerprint density at radius 1 is 1.20 bits per heavy atom. The van der Waals surface area contributed by atoms with Gasteiger partial charge in [0, 0.05) is 25.1 Å². The van der Waals surface area contributed by atoms with Crippen molar-refractivity contribution in [2.45, 2.75) is 12.8 Å². The lowest BCUT2D eigenvalue weighted by atomic mass is 9.77. The van der Waals surface area contributed by atoms with Crippen molar-refractivity contribution < 1.29 is 24.5 Å². The number of carboxylic acid groups (broad SMARTS) is 2. The average Bonchev–Trinajstić information content (AvgIpc) is 2.17. The molecule has 0 atom stereocenters. The molecule has 2 rings (SSSR count). The van der Waals surface area contributed by atoms with Gasteiger partial charge in [0.1, 0.15) is 0 Å². The molecule has 6 heteroatoms. The summed E-state index contributed by atoms with van der Waals surface area (Å²) >= 11 is 0. The topological polar surface area (TPSA) is 95.9 Å². The Morgan fingerprint density at radius 3 is 2.00 bits per heavy atom. The molecule has 6 nitrogen and oxygen atoms in total. The van der Waals surface area contributed by atoms with Crippen LogP contribution in [0, 0.1) is 5.41 Å². The smallest absolute Gasteiger partial charge is 0.414 e. The molecule has 0 aromatic carbocycles. The highest BCUT2D eigenvalue weighted by Crippen LogP contribution is 2.31. The van der Waals surface area contributed by atoms with Crippen molar-refractivity contribution in [3.8, 4) is 0 Å². The minimum absolute atomic E-state index is 0.568. The summed E-state index contributed by atoms with van der Waals surface area (Å²) in [4.78, 5) is 18.2. The molecule has 2 aliphatic rings. The maximum absolute atomic E-state index is 9.10. The maximum Gasteiger partial charge on any atom is 0.414 e. The van der Waals surface area contributed by atoms with Crippen LogP contribution in [0.1, 0.15) is 12.8 Å². The standard InChI is InChI=1S/C7H13NO.C2H2O4/c1-2-7(4-8-5-7)6-9-3-1;3-1(4)2(5)6/h8H,1-6H2;(H,3,4)(H,5,6). The summed E-state index contributed by atoms with van der Waals surface area (Å²) in [7, 11) is 0. The molecule has 0 bridgehead atoms. The second-order valence-corrected chi connectivity index (χ2v) is 3.87. The van der Waals surface area contributed by atoms with E-state index in [4.69, 9.17) is 24.5 Å². The van der Waals surface area contributed by atoms with E-state index in [9.17, 15) is 0 Å².